The zero-order valence-electron chi connectivity index (χ0n) is 11.0. The molecule has 0 saturated carbocycles. The Bertz CT molecular complexity index is 553. The monoisotopic (exact) mass is 389 g/mol. The molecule has 2 aromatic rings. The Morgan fingerprint density at radius 3 is 2.68 bits per heavy atom. The number of hydrogen-bond acceptors (Lipinski definition) is 2. The number of aryl methyl sites for hydroxylation is 1. The van der Waals surface area contributed by atoms with Crippen LogP contribution in [-0.4, -0.2) is 6.54 Å². The second kappa shape index (κ2) is 6.81. The lowest BCUT2D eigenvalue weighted by atomic mass is 9.99. The zero-order valence-corrected chi connectivity index (χ0v) is 14.0. The van der Waals surface area contributed by atoms with Crippen molar-refractivity contribution in [2.24, 2.45) is 0 Å². The molecule has 0 aliphatic heterocycles. The van der Waals surface area contributed by atoms with E-state index < -0.39 is 0 Å². The summed E-state index contributed by atoms with van der Waals surface area (Å²) in [5.41, 5.74) is 2.44. The summed E-state index contributed by atoms with van der Waals surface area (Å²) in [5, 5.41) is 5.68. The Balaban J connectivity index is 2.40. The minimum absolute atomic E-state index is 0.152. The molecule has 102 valence electrons. The quantitative estimate of drug-likeness (QED) is 0.719. The molecule has 1 aromatic carbocycles. The van der Waals surface area contributed by atoms with E-state index in [1.807, 2.05) is 6.07 Å². The maximum Gasteiger partial charge on any atom is 0.124 e. The Morgan fingerprint density at radius 2 is 2.11 bits per heavy atom. The second-order valence-electron chi connectivity index (χ2n) is 4.49. The van der Waals surface area contributed by atoms with Crippen molar-refractivity contribution < 1.29 is 4.39 Å². The van der Waals surface area contributed by atoms with Gasteiger partial charge in [0.05, 0.1) is 6.04 Å². The van der Waals surface area contributed by atoms with Gasteiger partial charge in [-0.25, -0.2) is 4.39 Å². The van der Waals surface area contributed by atoms with Gasteiger partial charge >= 0.3 is 0 Å². The van der Waals surface area contributed by atoms with Crippen LogP contribution in [-0.2, 0) is 0 Å². The Morgan fingerprint density at radius 1 is 1.32 bits per heavy atom. The van der Waals surface area contributed by atoms with Crippen LogP contribution in [0, 0.1) is 16.3 Å². The number of hydrogen-bond donors (Lipinski definition) is 1. The topological polar surface area (TPSA) is 12.0 Å². The van der Waals surface area contributed by atoms with Gasteiger partial charge < -0.3 is 5.32 Å². The number of thiophene rings is 1. The van der Waals surface area contributed by atoms with Crippen LogP contribution in [0.15, 0.2) is 29.6 Å². The number of halogens is 2. The van der Waals surface area contributed by atoms with E-state index in [4.69, 9.17) is 0 Å². The van der Waals surface area contributed by atoms with Gasteiger partial charge in [0.1, 0.15) is 5.82 Å². The molecule has 1 unspecified atom stereocenters. The van der Waals surface area contributed by atoms with Crippen LogP contribution in [0.4, 0.5) is 4.39 Å². The van der Waals surface area contributed by atoms with Gasteiger partial charge in [-0.15, -0.1) is 11.3 Å². The molecule has 0 saturated heterocycles. The fourth-order valence-corrected chi connectivity index (χ4v) is 3.64. The van der Waals surface area contributed by atoms with Gasteiger partial charge in [0.2, 0.25) is 0 Å². The molecule has 4 heteroatoms. The maximum absolute atomic E-state index is 13.3. The smallest absolute Gasteiger partial charge is 0.124 e. The van der Waals surface area contributed by atoms with Gasteiger partial charge in [0, 0.05) is 8.45 Å². The molecule has 0 amide bonds. The molecule has 1 atom stereocenters. The first-order valence-electron chi connectivity index (χ1n) is 6.35. The highest BCUT2D eigenvalue weighted by Gasteiger charge is 2.18. The average molecular weight is 389 g/mol. The van der Waals surface area contributed by atoms with Crippen molar-refractivity contribution in [3.8, 4) is 0 Å². The lowest BCUT2D eigenvalue weighted by molar-refractivity contribution is 0.590. The first-order valence-corrected chi connectivity index (χ1v) is 8.31. The van der Waals surface area contributed by atoms with Crippen molar-refractivity contribution in [2.75, 3.05) is 6.54 Å². The molecule has 19 heavy (non-hydrogen) atoms. The first kappa shape index (κ1) is 14.9. The maximum atomic E-state index is 13.3. The highest BCUT2D eigenvalue weighted by Crippen LogP contribution is 2.31. The van der Waals surface area contributed by atoms with Crippen molar-refractivity contribution in [1.29, 1.82) is 0 Å². The summed E-state index contributed by atoms with van der Waals surface area (Å²) in [5.74, 6) is -0.176. The summed E-state index contributed by atoms with van der Waals surface area (Å²) < 4.78 is 14.2. The molecule has 1 nitrogen and oxygen atoms in total. The standard InChI is InChI=1S/C15H17FINS/c1-3-7-18-15(12-6-8-19-10(12)2)13-5-4-11(16)9-14(13)17/h4-6,8-9,15,18H,3,7H2,1-2H3. The fraction of sp³-hybridized carbons (Fsp3) is 0.333. The molecule has 0 fully saturated rings. The van der Waals surface area contributed by atoms with Crippen LogP contribution in [0.1, 0.15) is 35.4 Å². The van der Waals surface area contributed by atoms with Crippen molar-refractivity contribution in [3.05, 3.63) is 55.0 Å². The third-order valence-corrected chi connectivity index (χ3v) is 4.88. The normalized spacial score (nSPS) is 12.6. The Kier molecular flexibility index (Phi) is 5.36. The molecule has 1 N–H and O–H groups in total. The van der Waals surface area contributed by atoms with Gasteiger partial charge in [-0.1, -0.05) is 13.0 Å². The average Bonchev–Trinajstić information content (AvgIpc) is 2.78. The number of nitrogens with one attached hydrogen (secondary N) is 1. The Labute approximate surface area is 131 Å². The minimum Gasteiger partial charge on any atom is -0.306 e. The summed E-state index contributed by atoms with van der Waals surface area (Å²) >= 11 is 3.97. The highest BCUT2D eigenvalue weighted by molar-refractivity contribution is 14.1. The van der Waals surface area contributed by atoms with Crippen LogP contribution >= 0.6 is 33.9 Å². The van der Waals surface area contributed by atoms with Crippen molar-refractivity contribution >= 4 is 33.9 Å². The van der Waals surface area contributed by atoms with E-state index in [0.29, 0.717) is 0 Å². The summed E-state index contributed by atoms with van der Waals surface area (Å²) in [6, 6.07) is 7.34. The summed E-state index contributed by atoms with van der Waals surface area (Å²) in [4.78, 5) is 1.31. The fourth-order valence-electron chi connectivity index (χ4n) is 2.11. The molecular weight excluding hydrogens is 372 g/mol. The SMILES string of the molecule is CCCNC(c1ccc(F)cc1I)c1ccsc1C. The van der Waals surface area contributed by atoms with Crippen LogP contribution in [0.25, 0.3) is 0 Å². The van der Waals surface area contributed by atoms with Crippen LogP contribution in [0.2, 0.25) is 0 Å². The highest BCUT2D eigenvalue weighted by atomic mass is 127. The van der Waals surface area contributed by atoms with E-state index >= 15 is 0 Å². The molecule has 0 aliphatic carbocycles. The lowest BCUT2D eigenvalue weighted by Crippen LogP contribution is -2.24. The van der Waals surface area contributed by atoms with E-state index in [2.05, 4.69) is 53.2 Å². The van der Waals surface area contributed by atoms with Gasteiger partial charge in [-0.2, -0.15) is 0 Å². The molecule has 0 aliphatic rings. The van der Waals surface area contributed by atoms with Crippen molar-refractivity contribution in [3.63, 3.8) is 0 Å². The minimum atomic E-state index is -0.176. The Hall–Kier alpha value is -0.460. The van der Waals surface area contributed by atoms with Gasteiger partial charge in [-0.05, 0) is 77.2 Å². The van der Waals surface area contributed by atoms with Gasteiger partial charge in [0.25, 0.3) is 0 Å². The van der Waals surface area contributed by atoms with E-state index in [0.717, 1.165) is 22.1 Å². The molecule has 1 aromatic heterocycles. The van der Waals surface area contributed by atoms with E-state index in [1.54, 1.807) is 23.5 Å². The molecule has 0 bridgehead atoms. The molecule has 0 spiro atoms. The van der Waals surface area contributed by atoms with Crippen molar-refractivity contribution in [1.82, 2.24) is 5.32 Å². The predicted molar refractivity (Wildman–Crippen MR) is 88.3 cm³/mol. The predicted octanol–water partition coefficient (Wildman–Crippen LogP) is 4.89. The van der Waals surface area contributed by atoms with Gasteiger partial charge in [-0.3, -0.25) is 0 Å². The molecule has 2 rings (SSSR count). The molecule has 0 radical (unpaired) electrons. The van der Waals surface area contributed by atoms with Crippen LogP contribution < -0.4 is 5.32 Å². The first-order chi connectivity index (χ1) is 9.13. The molecular formula is C15H17FINS. The lowest BCUT2D eigenvalue weighted by Gasteiger charge is -2.20. The molecule has 1 heterocycles. The number of benzene rings is 1. The largest absolute Gasteiger partial charge is 0.306 e. The van der Waals surface area contributed by atoms with Crippen molar-refractivity contribution in [2.45, 2.75) is 26.3 Å². The van der Waals surface area contributed by atoms with Gasteiger partial charge in [0.15, 0.2) is 0 Å². The summed E-state index contributed by atoms with van der Waals surface area (Å²) in [6.07, 6.45) is 1.08. The summed E-state index contributed by atoms with van der Waals surface area (Å²) in [6.45, 7) is 5.24. The third kappa shape index (κ3) is 3.55. The second-order valence-corrected chi connectivity index (χ2v) is 6.77. The van der Waals surface area contributed by atoms with Crippen LogP contribution in [0.5, 0.6) is 0 Å². The zero-order chi connectivity index (χ0) is 13.8. The van der Waals surface area contributed by atoms with E-state index in [1.165, 1.54) is 10.4 Å². The number of rotatable bonds is 5. The summed E-state index contributed by atoms with van der Waals surface area (Å²) in [7, 11) is 0. The van der Waals surface area contributed by atoms with Crippen LogP contribution in [0.3, 0.4) is 0 Å². The third-order valence-electron chi connectivity index (χ3n) is 3.08. The van der Waals surface area contributed by atoms with E-state index in [9.17, 15) is 4.39 Å². The van der Waals surface area contributed by atoms with E-state index in [-0.39, 0.29) is 11.9 Å².